The number of hydrazine groups is 1. The van der Waals surface area contributed by atoms with Gasteiger partial charge in [0.1, 0.15) is 42.1 Å². The van der Waals surface area contributed by atoms with Gasteiger partial charge in [-0.2, -0.15) is 0 Å². The highest BCUT2D eigenvalue weighted by molar-refractivity contribution is 5.88. The van der Waals surface area contributed by atoms with Crippen molar-refractivity contribution in [3.8, 4) is 0 Å². The molecule has 2 saturated heterocycles. The first-order valence-corrected chi connectivity index (χ1v) is 15.5. The van der Waals surface area contributed by atoms with Crippen LogP contribution in [0.1, 0.15) is 59.0 Å². The van der Waals surface area contributed by atoms with E-state index in [0.29, 0.717) is 0 Å². The zero-order chi connectivity index (χ0) is 34.1. The fourth-order valence-corrected chi connectivity index (χ4v) is 4.98. The summed E-state index contributed by atoms with van der Waals surface area (Å²) in [6.45, 7) is 9.68. The van der Waals surface area contributed by atoms with E-state index in [2.05, 4.69) is 21.5 Å². The molecule has 14 nitrogen and oxygen atoms in total. The number of amides is 4. The zero-order valence-electron chi connectivity index (χ0n) is 27.4. The van der Waals surface area contributed by atoms with Crippen molar-refractivity contribution in [2.75, 3.05) is 6.61 Å². The van der Waals surface area contributed by atoms with E-state index < -0.39 is 72.6 Å². The molecule has 2 fully saturated rings. The molecule has 4 rings (SSSR count). The van der Waals surface area contributed by atoms with E-state index >= 15 is 0 Å². The lowest BCUT2D eigenvalue weighted by molar-refractivity contribution is -0.351. The molecule has 256 valence electrons. The van der Waals surface area contributed by atoms with Crippen LogP contribution in [0.25, 0.3) is 0 Å². The summed E-state index contributed by atoms with van der Waals surface area (Å²) in [7, 11) is 0. The van der Waals surface area contributed by atoms with Crippen molar-refractivity contribution in [3.05, 3.63) is 71.8 Å². The maximum atomic E-state index is 13.1. The summed E-state index contributed by atoms with van der Waals surface area (Å²) in [5, 5.41) is 5.27. The molecule has 0 bridgehead atoms. The largest absolute Gasteiger partial charge is 0.444 e. The molecule has 2 aliphatic heterocycles. The standard InChI is InChI=1S/C33H44N4O10/c1-19(34-32(41)47-33(4,5)6)28(39)36-37-29(40)20(2)44-27-25(35-21(3)38)31(42-17-22-13-9-7-10-14-22)45-24-18-43-30(46-26(24)27)23-15-11-8-12-16-23/h7-16,19-20,24-27,30-31H,17-18H2,1-6H3,(H,34,41)(H,35,38)(H,36,39)(H,37,40). The lowest BCUT2D eigenvalue weighted by Gasteiger charge is -2.49. The van der Waals surface area contributed by atoms with E-state index in [1.54, 1.807) is 20.8 Å². The Kier molecular flexibility index (Phi) is 12.3. The molecule has 47 heavy (non-hydrogen) atoms. The van der Waals surface area contributed by atoms with Gasteiger partial charge < -0.3 is 39.1 Å². The number of nitrogens with one attached hydrogen (secondary N) is 4. The van der Waals surface area contributed by atoms with Crippen LogP contribution in [0.15, 0.2) is 60.7 Å². The number of hydrogen-bond acceptors (Lipinski definition) is 10. The van der Waals surface area contributed by atoms with E-state index in [1.807, 2.05) is 60.7 Å². The van der Waals surface area contributed by atoms with Gasteiger partial charge in [-0.05, 0) is 40.2 Å². The van der Waals surface area contributed by atoms with Crippen molar-refractivity contribution in [2.24, 2.45) is 0 Å². The first kappa shape index (κ1) is 35.8. The van der Waals surface area contributed by atoms with Crippen molar-refractivity contribution >= 4 is 23.8 Å². The topological polar surface area (TPSA) is 172 Å². The van der Waals surface area contributed by atoms with Crippen LogP contribution in [0.4, 0.5) is 4.79 Å². The Morgan fingerprint density at radius 1 is 0.915 bits per heavy atom. The van der Waals surface area contributed by atoms with E-state index in [9.17, 15) is 19.2 Å². The van der Waals surface area contributed by atoms with Crippen molar-refractivity contribution in [2.45, 2.75) is 103 Å². The second-order valence-corrected chi connectivity index (χ2v) is 12.3. The Bertz CT molecular complexity index is 1360. The summed E-state index contributed by atoms with van der Waals surface area (Å²) in [5.74, 6) is -1.76. The van der Waals surface area contributed by atoms with Crippen molar-refractivity contribution in [3.63, 3.8) is 0 Å². The maximum absolute atomic E-state index is 13.1. The summed E-state index contributed by atoms with van der Waals surface area (Å²) in [5.41, 5.74) is 5.51. The highest BCUT2D eigenvalue weighted by Crippen LogP contribution is 2.36. The third-order valence-corrected chi connectivity index (χ3v) is 7.20. The Balaban J connectivity index is 1.48. The smallest absolute Gasteiger partial charge is 0.408 e. The van der Waals surface area contributed by atoms with Crippen molar-refractivity contribution < 1.29 is 47.6 Å². The minimum atomic E-state index is -1.15. The molecule has 2 aromatic rings. The molecule has 0 saturated carbocycles. The Morgan fingerprint density at radius 2 is 1.55 bits per heavy atom. The molecule has 2 aliphatic rings. The molecule has 4 N–H and O–H groups in total. The van der Waals surface area contributed by atoms with Gasteiger partial charge >= 0.3 is 6.09 Å². The number of carbonyl (C=O) groups excluding carboxylic acids is 4. The van der Waals surface area contributed by atoms with Crippen LogP contribution in [-0.2, 0) is 49.4 Å². The van der Waals surface area contributed by atoms with Crippen LogP contribution in [0.3, 0.4) is 0 Å². The van der Waals surface area contributed by atoms with Gasteiger partial charge in [-0.3, -0.25) is 25.2 Å². The molecule has 0 radical (unpaired) electrons. The van der Waals surface area contributed by atoms with Gasteiger partial charge in [-0.15, -0.1) is 0 Å². The Morgan fingerprint density at radius 3 is 2.19 bits per heavy atom. The molecule has 0 aromatic heterocycles. The summed E-state index contributed by atoms with van der Waals surface area (Å²) in [6.07, 6.45) is -6.07. The molecule has 2 heterocycles. The molecule has 2 aromatic carbocycles. The average Bonchev–Trinajstić information content (AvgIpc) is 3.03. The molecule has 8 atom stereocenters. The number of ether oxygens (including phenoxy) is 6. The van der Waals surface area contributed by atoms with Gasteiger partial charge in [0.05, 0.1) is 13.2 Å². The van der Waals surface area contributed by atoms with E-state index in [4.69, 9.17) is 28.4 Å². The van der Waals surface area contributed by atoms with Crippen molar-refractivity contribution in [1.82, 2.24) is 21.5 Å². The summed E-state index contributed by atoms with van der Waals surface area (Å²) in [4.78, 5) is 50.2. The van der Waals surface area contributed by atoms with Crippen LogP contribution < -0.4 is 21.5 Å². The first-order chi connectivity index (χ1) is 22.3. The fraction of sp³-hybridized carbons (Fsp3) is 0.515. The minimum Gasteiger partial charge on any atom is -0.444 e. The van der Waals surface area contributed by atoms with Gasteiger partial charge in [-0.25, -0.2) is 4.79 Å². The van der Waals surface area contributed by atoms with Crippen LogP contribution in [0, 0.1) is 0 Å². The number of rotatable bonds is 10. The fourth-order valence-electron chi connectivity index (χ4n) is 4.98. The number of fused-ring (bicyclic) bond motifs is 1. The van der Waals surface area contributed by atoms with Gasteiger partial charge in [0.15, 0.2) is 12.6 Å². The lowest BCUT2D eigenvalue weighted by Crippen LogP contribution is -2.68. The summed E-state index contributed by atoms with van der Waals surface area (Å²) < 4.78 is 36.3. The Labute approximate surface area is 274 Å². The Hall–Kier alpha value is -4.08. The number of alkyl carbamates (subject to hydrolysis) is 1. The zero-order valence-corrected chi connectivity index (χ0v) is 27.4. The van der Waals surface area contributed by atoms with E-state index in [1.165, 1.54) is 20.8 Å². The van der Waals surface area contributed by atoms with E-state index in [0.717, 1.165) is 11.1 Å². The highest BCUT2D eigenvalue weighted by atomic mass is 16.8. The van der Waals surface area contributed by atoms with Crippen LogP contribution in [0.2, 0.25) is 0 Å². The summed E-state index contributed by atoms with van der Waals surface area (Å²) in [6, 6.07) is 16.9. The highest BCUT2D eigenvalue weighted by Gasteiger charge is 2.52. The van der Waals surface area contributed by atoms with Crippen molar-refractivity contribution in [1.29, 1.82) is 0 Å². The predicted octanol–water partition coefficient (Wildman–Crippen LogP) is 2.38. The third-order valence-electron chi connectivity index (χ3n) is 7.20. The molecule has 0 spiro atoms. The third kappa shape index (κ3) is 10.5. The van der Waals surface area contributed by atoms with Gasteiger partial charge in [-0.1, -0.05) is 60.7 Å². The van der Waals surface area contributed by atoms with Crippen LogP contribution in [-0.4, -0.2) is 78.8 Å². The monoisotopic (exact) mass is 656 g/mol. The lowest BCUT2D eigenvalue weighted by atomic mass is 9.95. The van der Waals surface area contributed by atoms with Gasteiger partial charge in [0, 0.05) is 12.5 Å². The van der Waals surface area contributed by atoms with Crippen LogP contribution >= 0.6 is 0 Å². The minimum absolute atomic E-state index is 0.126. The second-order valence-electron chi connectivity index (χ2n) is 12.3. The molecule has 14 heteroatoms. The van der Waals surface area contributed by atoms with E-state index in [-0.39, 0.29) is 19.1 Å². The SMILES string of the molecule is CC(=O)NC1C(OCc2ccccc2)OC2COC(c3ccccc3)OC2C1OC(C)C(=O)NNC(=O)C(C)NC(=O)OC(C)(C)C. The average molecular weight is 657 g/mol. The second kappa shape index (κ2) is 16.2. The summed E-state index contributed by atoms with van der Waals surface area (Å²) >= 11 is 0. The predicted molar refractivity (Wildman–Crippen MR) is 167 cm³/mol. The normalized spacial score (nSPS) is 25.3. The molecule has 8 unspecified atom stereocenters. The number of benzene rings is 2. The molecular weight excluding hydrogens is 612 g/mol. The molecule has 0 aliphatic carbocycles. The quantitative estimate of drug-likeness (QED) is 0.278. The molecule has 4 amide bonds. The molecular formula is C33H44N4O10. The van der Waals surface area contributed by atoms with Crippen LogP contribution in [0.5, 0.6) is 0 Å². The van der Waals surface area contributed by atoms with Gasteiger partial charge in [0.2, 0.25) is 5.91 Å². The number of carbonyl (C=O) groups is 4. The van der Waals surface area contributed by atoms with Gasteiger partial charge in [0.25, 0.3) is 11.8 Å². The maximum Gasteiger partial charge on any atom is 0.408 e. The first-order valence-electron chi connectivity index (χ1n) is 15.5. The number of hydrogen-bond donors (Lipinski definition) is 4.